The summed E-state index contributed by atoms with van der Waals surface area (Å²) in [6.45, 7) is 0.168. The van der Waals surface area contributed by atoms with Crippen LogP contribution in [0.3, 0.4) is 0 Å². The Kier molecular flexibility index (Phi) is 12.3. The molecule has 50 heavy (non-hydrogen) atoms. The largest absolute Gasteiger partial charge is 0.447 e. The number of halogens is 2. The first kappa shape index (κ1) is 35.7. The van der Waals surface area contributed by atoms with Gasteiger partial charge < -0.3 is 15.0 Å². The van der Waals surface area contributed by atoms with Crippen molar-refractivity contribution in [3.05, 3.63) is 142 Å². The fraction of sp³-hybridized carbons (Fsp3) is 0.205. The minimum Gasteiger partial charge on any atom is -0.447 e. The third-order valence-electron chi connectivity index (χ3n) is 8.29. The van der Waals surface area contributed by atoms with Gasteiger partial charge >= 0.3 is 6.09 Å². The summed E-state index contributed by atoms with van der Waals surface area (Å²) in [5.74, 6) is -0.922. The second-order valence-corrected chi connectivity index (χ2v) is 12.1. The van der Waals surface area contributed by atoms with Gasteiger partial charge in [0.15, 0.2) is 5.78 Å². The number of pyridine rings is 1. The molecule has 5 aromatic rings. The first-order valence-electron chi connectivity index (χ1n) is 16.1. The Bertz CT molecular complexity index is 1970. The molecule has 2 N–H and O–H groups in total. The van der Waals surface area contributed by atoms with Gasteiger partial charge in [-0.1, -0.05) is 90.5 Å². The number of fused-ring (bicyclic) bond motifs is 1. The smallest absolute Gasteiger partial charge is 0.412 e. The number of amides is 3. The summed E-state index contributed by atoms with van der Waals surface area (Å²) in [7, 11) is 1.61. The quantitative estimate of drug-likeness (QED) is 0.0920. The Balaban J connectivity index is 1.17. The number of likely N-dealkylation sites (N-methyl/N-ethyl adjacent to an activating group) is 1. The van der Waals surface area contributed by atoms with Gasteiger partial charge in [-0.15, -0.1) is 0 Å². The number of ether oxygens (including phenoxy) is 1. The molecule has 0 fully saturated rings. The van der Waals surface area contributed by atoms with Gasteiger partial charge in [0.05, 0.1) is 11.1 Å². The molecule has 4 aromatic carbocycles. The highest BCUT2D eigenvalue weighted by molar-refractivity contribution is 6.31. The molecule has 0 bridgehead atoms. The molecule has 5 rings (SSSR count). The van der Waals surface area contributed by atoms with Crippen LogP contribution in [0.5, 0.6) is 0 Å². The van der Waals surface area contributed by atoms with E-state index < -0.39 is 18.0 Å². The van der Waals surface area contributed by atoms with Crippen LogP contribution >= 0.6 is 11.6 Å². The highest BCUT2D eigenvalue weighted by atomic mass is 35.5. The van der Waals surface area contributed by atoms with Gasteiger partial charge in [-0.3, -0.25) is 19.7 Å². The van der Waals surface area contributed by atoms with Crippen molar-refractivity contribution in [1.29, 1.82) is 0 Å². The van der Waals surface area contributed by atoms with Gasteiger partial charge in [-0.05, 0) is 54.5 Å². The average Bonchev–Trinajstić information content (AvgIpc) is 3.14. The van der Waals surface area contributed by atoms with Crippen LogP contribution in [0.4, 0.5) is 15.0 Å². The third kappa shape index (κ3) is 9.51. The zero-order chi connectivity index (χ0) is 35.5. The van der Waals surface area contributed by atoms with Crippen molar-refractivity contribution in [1.82, 2.24) is 15.2 Å². The molecule has 1 aromatic heterocycles. The molecule has 0 spiro atoms. The van der Waals surface area contributed by atoms with E-state index in [-0.39, 0.29) is 48.6 Å². The van der Waals surface area contributed by atoms with E-state index in [1.807, 2.05) is 30.3 Å². The summed E-state index contributed by atoms with van der Waals surface area (Å²) in [6, 6.07) is 28.6. The van der Waals surface area contributed by atoms with Crippen molar-refractivity contribution in [3.63, 3.8) is 0 Å². The summed E-state index contributed by atoms with van der Waals surface area (Å²) < 4.78 is 19.5. The molecule has 0 radical (unpaired) electrons. The van der Waals surface area contributed by atoms with E-state index in [1.54, 1.807) is 73.9 Å². The van der Waals surface area contributed by atoms with Crippen LogP contribution in [0.25, 0.3) is 10.8 Å². The van der Waals surface area contributed by atoms with Crippen molar-refractivity contribution >= 4 is 51.9 Å². The van der Waals surface area contributed by atoms with Crippen LogP contribution < -0.4 is 10.6 Å². The molecule has 256 valence electrons. The molecule has 1 heterocycles. The third-order valence-corrected chi connectivity index (χ3v) is 8.72. The molecular formula is C39H36ClFN4O5. The first-order valence-corrected chi connectivity index (χ1v) is 16.5. The van der Waals surface area contributed by atoms with E-state index in [9.17, 15) is 23.6 Å². The second kappa shape index (κ2) is 17.2. The van der Waals surface area contributed by atoms with Crippen LogP contribution in [-0.2, 0) is 16.0 Å². The number of aryl methyl sites for hydroxylation is 1. The number of anilines is 1. The van der Waals surface area contributed by atoms with Gasteiger partial charge in [0.2, 0.25) is 5.91 Å². The van der Waals surface area contributed by atoms with Crippen LogP contribution in [0.15, 0.2) is 109 Å². The average molecular weight is 695 g/mol. The van der Waals surface area contributed by atoms with Crippen LogP contribution in [0, 0.1) is 5.82 Å². The number of nitrogens with zero attached hydrogens (tertiary/aromatic N) is 2. The molecular weight excluding hydrogens is 659 g/mol. The van der Waals surface area contributed by atoms with Crippen LogP contribution in [-0.4, -0.2) is 59.8 Å². The Labute approximate surface area is 294 Å². The molecule has 0 aliphatic carbocycles. The maximum absolute atomic E-state index is 13.9. The normalized spacial score (nSPS) is 11.4. The lowest BCUT2D eigenvalue weighted by atomic mass is 10.0. The SMILES string of the molecule is CN(C(=O)CCc1cccc(F)c1Cl)[C@@H](CCCNC(=O)c1ccc(C(=O)c2ccccc2)cc1)COC(=O)Nc1cc2ccccc2cn1. The predicted octanol–water partition coefficient (Wildman–Crippen LogP) is 7.48. The molecule has 0 unspecified atom stereocenters. The lowest BCUT2D eigenvalue weighted by molar-refractivity contribution is -0.132. The van der Waals surface area contributed by atoms with Gasteiger partial charge in [0.25, 0.3) is 5.91 Å². The molecule has 0 aliphatic rings. The van der Waals surface area contributed by atoms with Gasteiger partial charge in [0.1, 0.15) is 18.2 Å². The maximum Gasteiger partial charge on any atom is 0.412 e. The number of benzene rings is 4. The molecule has 9 nitrogen and oxygen atoms in total. The number of carbonyl (C=O) groups excluding carboxylic acids is 4. The van der Waals surface area contributed by atoms with Crippen molar-refractivity contribution in [2.75, 3.05) is 25.5 Å². The van der Waals surface area contributed by atoms with Crippen molar-refractivity contribution in [2.24, 2.45) is 0 Å². The van der Waals surface area contributed by atoms with Crippen LogP contribution in [0.1, 0.15) is 51.1 Å². The maximum atomic E-state index is 13.9. The number of hydrogen-bond acceptors (Lipinski definition) is 6. The van der Waals surface area contributed by atoms with Gasteiger partial charge in [0, 0.05) is 48.3 Å². The fourth-order valence-corrected chi connectivity index (χ4v) is 5.61. The first-order chi connectivity index (χ1) is 24.2. The molecule has 1 atom stereocenters. The Morgan fingerprint density at radius 2 is 1.54 bits per heavy atom. The minimum absolute atomic E-state index is 0.0185. The Morgan fingerprint density at radius 1 is 0.860 bits per heavy atom. The van der Waals surface area contributed by atoms with Crippen molar-refractivity contribution in [2.45, 2.75) is 31.7 Å². The van der Waals surface area contributed by atoms with E-state index in [0.29, 0.717) is 40.9 Å². The summed E-state index contributed by atoms with van der Waals surface area (Å²) in [6.07, 6.45) is 2.07. The van der Waals surface area contributed by atoms with Gasteiger partial charge in [-0.2, -0.15) is 0 Å². The Morgan fingerprint density at radius 3 is 2.30 bits per heavy atom. The lowest BCUT2D eigenvalue weighted by Crippen LogP contribution is -2.41. The van der Waals surface area contributed by atoms with E-state index in [0.717, 1.165) is 10.8 Å². The highest BCUT2D eigenvalue weighted by Gasteiger charge is 2.22. The molecule has 0 saturated carbocycles. The zero-order valence-corrected chi connectivity index (χ0v) is 28.2. The van der Waals surface area contributed by atoms with Crippen LogP contribution in [0.2, 0.25) is 5.02 Å². The highest BCUT2D eigenvalue weighted by Crippen LogP contribution is 2.22. The topological polar surface area (TPSA) is 118 Å². The summed E-state index contributed by atoms with van der Waals surface area (Å²) >= 11 is 6.08. The van der Waals surface area contributed by atoms with Crippen molar-refractivity contribution < 1.29 is 28.3 Å². The van der Waals surface area contributed by atoms with Crippen molar-refractivity contribution in [3.8, 4) is 0 Å². The van der Waals surface area contributed by atoms with E-state index >= 15 is 0 Å². The fourth-order valence-electron chi connectivity index (χ4n) is 5.39. The minimum atomic E-state index is -0.729. The monoisotopic (exact) mass is 694 g/mol. The zero-order valence-electron chi connectivity index (χ0n) is 27.4. The standard InChI is InChI=1S/C39H36ClFN4O5/c1-45(35(46)21-20-26-13-7-15-33(41)36(26)40)32(25-50-39(49)44-34-23-30-11-5-6-12-31(30)24-43-34)14-8-22-42-38(48)29-18-16-28(17-19-29)37(47)27-9-3-2-4-10-27/h2-7,9-13,15-19,23-24,32H,8,14,20-22,25H2,1H3,(H,42,48)(H,43,44,49)/t32-/m0/s1. The summed E-state index contributed by atoms with van der Waals surface area (Å²) in [5.41, 5.74) is 1.95. The summed E-state index contributed by atoms with van der Waals surface area (Å²) in [5, 5.41) is 7.31. The predicted molar refractivity (Wildman–Crippen MR) is 191 cm³/mol. The molecule has 11 heteroatoms. The van der Waals surface area contributed by atoms with E-state index in [4.69, 9.17) is 16.3 Å². The van der Waals surface area contributed by atoms with E-state index in [2.05, 4.69) is 15.6 Å². The molecule has 0 aliphatic heterocycles. The molecule has 0 saturated heterocycles. The number of rotatable bonds is 14. The number of hydrogen-bond donors (Lipinski definition) is 2. The number of aromatic nitrogens is 1. The van der Waals surface area contributed by atoms with Gasteiger partial charge in [-0.25, -0.2) is 14.2 Å². The lowest BCUT2D eigenvalue weighted by Gasteiger charge is -2.28. The van der Waals surface area contributed by atoms with E-state index in [1.165, 1.54) is 17.0 Å². The Hall–Kier alpha value is -5.61. The second-order valence-electron chi connectivity index (χ2n) is 11.7. The number of nitrogens with one attached hydrogen (secondary N) is 2. The summed E-state index contributed by atoms with van der Waals surface area (Å²) in [4.78, 5) is 57.3. The molecule has 3 amide bonds. The number of carbonyl (C=O) groups is 4. The number of ketones is 1.